The number of pyridine rings is 1. The van der Waals surface area contributed by atoms with E-state index in [2.05, 4.69) is 9.97 Å². The van der Waals surface area contributed by atoms with Crippen LogP contribution in [0.1, 0.15) is 24.9 Å². The summed E-state index contributed by atoms with van der Waals surface area (Å²) < 4.78 is 1.85. The molecule has 0 saturated carbocycles. The Morgan fingerprint density at radius 3 is 3.00 bits per heavy atom. The summed E-state index contributed by atoms with van der Waals surface area (Å²) in [5.41, 5.74) is 1.70. The molecule has 0 spiro atoms. The molecule has 1 aliphatic heterocycles. The largest absolute Gasteiger partial charge is 0.373 e. The second-order valence-electron chi connectivity index (χ2n) is 4.04. The molecule has 0 aliphatic carbocycles. The van der Waals surface area contributed by atoms with Crippen molar-refractivity contribution in [3.05, 3.63) is 36.4 Å². The van der Waals surface area contributed by atoms with Gasteiger partial charge in [0.25, 0.3) is 0 Å². The quantitative estimate of drug-likeness (QED) is 0.788. The van der Waals surface area contributed by atoms with Crippen LogP contribution < -0.4 is 0 Å². The molecule has 0 aromatic carbocycles. The Morgan fingerprint density at radius 2 is 2.25 bits per heavy atom. The number of imidazole rings is 1. The summed E-state index contributed by atoms with van der Waals surface area (Å²) >= 11 is 0. The highest BCUT2D eigenvalue weighted by Gasteiger charge is 2.19. The zero-order chi connectivity index (χ0) is 11.0. The lowest BCUT2D eigenvalue weighted by Crippen LogP contribution is -2.16. The van der Waals surface area contributed by atoms with E-state index in [9.17, 15) is 5.11 Å². The molecule has 16 heavy (non-hydrogen) atoms. The van der Waals surface area contributed by atoms with E-state index in [1.165, 1.54) is 0 Å². The molecule has 0 saturated heterocycles. The van der Waals surface area contributed by atoms with Crippen molar-refractivity contribution >= 4 is 0 Å². The Bertz CT molecular complexity index is 492. The molecule has 0 amide bonds. The van der Waals surface area contributed by atoms with Gasteiger partial charge in [-0.25, -0.2) is 4.98 Å². The first kappa shape index (κ1) is 9.54. The first-order valence-corrected chi connectivity index (χ1v) is 5.52. The van der Waals surface area contributed by atoms with Crippen LogP contribution in [0.3, 0.4) is 0 Å². The van der Waals surface area contributed by atoms with Gasteiger partial charge in [0.05, 0.1) is 5.69 Å². The third kappa shape index (κ3) is 1.51. The van der Waals surface area contributed by atoms with Gasteiger partial charge in [-0.15, -0.1) is 0 Å². The van der Waals surface area contributed by atoms with E-state index in [4.69, 9.17) is 0 Å². The van der Waals surface area contributed by atoms with Crippen LogP contribution in [0.15, 0.2) is 30.6 Å². The number of nitrogens with zero attached hydrogens (tertiary/aromatic N) is 3. The fraction of sp³-hybridized carbons (Fsp3) is 0.333. The number of aliphatic hydroxyl groups is 1. The summed E-state index contributed by atoms with van der Waals surface area (Å²) in [5.74, 6) is 0.958. The number of hydrogen-bond donors (Lipinski definition) is 1. The molecule has 2 aromatic rings. The zero-order valence-electron chi connectivity index (χ0n) is 8.87. The summed E-state index contributed by atoms with van der Waals surface area (Å²) in [4.78, 5) is 8.77. The van der Waals surface area contributed by atoms with E-state index in [0.29, 0.717) is 0 Å². The van der Waals surface area contributed by atoms with Crippen LogP contribution in [0.4, 0.5) is 0 Å². The molecule has 0 fully saturated rings. The third-order valence-electron chi connectivity index (χ3n) is 2.92. The molecule has 1 atom stereocenters. The molecule has 82 valence electrons. The van der Waals surface area contributed by atoms with Gasteiger partial charge >= 0.3 is 0 Å². The lowest BCUT2D eigenvalue weighted by molar-refractivity contribution is 0.0781. The van der Waals surface area contributed by atoms with Crippen LogP contribution in [0.2, 0.25) is 0 Å². The maximum atomic E-state index is 9.82. The summed E-state index contributed by atoms with van der Waals surface area (Å²) in [6, 6.07) is 5.76. The first-order valence-electron chi connectivity index (χ1n) is 5.52. The van der Waals surface area contributed by atoms with Crippen molar-refractivity contribution in [3.63, 3.8) is 0 Å². The smallest absolute Gasteiger partial charge is 0.131 e. The van der Waals surface area contributed by atoms with Gasteiger partial charge in [0.2, 0.25) is 0 Å². The molecular formula is C12H13N3O. The van der Waals surface area contributed by atoms with E-state index in [-0.39, 0.29) is 0 Å². The maximum Gasteiger partial charge on any atom is 0.131 e. The van der Waals surface area contributed by atoms with Crippen molar-refractivity contribution < 1.29 is 5.11 Å². The van der Waals surface area contributed by atoms with Gasteiger partial charge < -0.3 is 9.67 Å². The number of rotatable bonds is 1. The molecule has 1 aliphatic rings. The van der Waals surface area contributed by atoms with Gasteiger partial charge in [-0.05, 0) is 25.0 Å². The molecule has 4 nitrogen and oxygen atoms in total. The standard InChI is InChI=1S/C12H13N3O/c16-12-6-3-5-11-14-10(8-15(11)12)9-4-1-2-7-13-9/h1-2,4,7-8,12,16H,3,5-6H2. The van der Waals surface area contributed by atoms with Crippen molar-refractivity contribution in [1.82, 2.24) is 14.5 Å². The van der Waals surface area contributed by atoms with Crippen molar-refractivity contribution in [2.75, 3.05) is 0 Å². The highest BCUT2D eigenvalue weighted by Crippen LogP contribution is 2.25. The number of hydrogen-bond acceptors (Lipinski definition) is 3. The van der Waals surface area contributed by atoms with Crippen molar-refractivity contribution in [2.24, 2.45) is 0 Å². The van der Waals surface area contributed by atoms with Gasteiger partial charge in [0.15, 0.2) is 0 Å². The van der Waals surface area contributed by atoms with Crippen molar-refractivity contribution in [2.45, 2.75) is 25.5 Å². The zero-order valence-corrected chi connectivity index (χ0v) is 8.87. The monoisotopic (exact) mass is 215 g/mol. The van der Waals surface area contributed by atoms with Crippen LogP contribution in [0.5, 0.6) is 0 Å². The highest BCUT2D eigenvalue weighted by molar-refractivity contribution is 5.53. The Kier molecular flexibility index (Phi) is 2.22. The predicted molar refractivity (Wildman–Crippen MR) is 59.7 cm³/mol. The van der Waals surface area contributed by atoms with Crippen LogP contribution in [0, 0.1) is 0 Å². The van der Waals surface area contributed by atoms with Crippen molar-refractivity contribution in [1.29, 1.82) is 0 Å². The van der Waals surface area contributed by atoms with E-state index >= 15 is 0 Å². The molecule has 2 aromatic heterocycles. The van der Waals surface area contributed by atoms with Crippen LogP contribution in [0.25, 0.3) is 11.4 Å². The number of aliphatic hydroxyl groups excluding tert-OH is 1. The number of fused-ring (bicyclic) bond motifs is 1. The minimum absolute atomic E-state index is 0.422. The molecule has 3 rings (SSSR count). The molecule has 3 heterocycles. The minimum Gasteiger partial charge on any atom is -0.373 e. The van der Waals surface area contributed by atoms with Gasteiger partial charge in [-0.3, -0.25) is 4.98 Å². The van der Waals surface area contributed by atoms with Gasteiger partial charge in [0, 0.05) is 18.8 Å². The topological polar surface area (TPSA) is 50.9 Å². The molecule has 1 N–H and O–H groups in total. The van der Waals surface area contributed by atoms with Crippen LogP contribution in [-0.4, -0.2) is 19.6 Å². The molecule has 1 unspecified atom stereocenters. The molecule has 0 radical (unpaired) electrons. The Morgan fingerprint density at radius 1 is 1.31 bits per heavy atom. The molecule has 0 bridgehead atoms. The Hall–Kier alpha value is -1.68. The number of aryl methyl sites for hydroxylation is 1. The van der Waals surface area contributed by atoms with Gasteiger partial charge in [-0.2, -0.15) is 0 Å². The Balaban J connectivity index is 2.05. The average Bonchev–Trinajstić information content (AvgIpc) is 2.76. The lowest BCUT2D eigenvalue weighted by Gasteiger charge is -2.19. The minimum atomic E-state index is -0.422. The SMILES string of the molecule is OC1CCCc2nc(-c3ccccn3)cn21. The lowest BCUT2D eigenvalue weighted by atomic mass is 10.1. The van der Waals surface area contributed by atoms with E-state index in [1.54, 1.807) is 6.20 Å². The van der Waals surface area contributed by atoms with Crippen molar-refractivity contribution in [3.8, 4) is 11.4 Å². The van der Waals surface area contributed by atoms with E-state index < -0.39 is 6.23 Å². The summed E-state index contributed by atoms with van der Waals surface area (Å²) in [5, 5.41) is 9.82. The second-order valence-corrected chi connectivity index (χ2v) is 4.04. The molecular weight excluding hydrogens is 202 g/mol. The highest BCUT2D eigenvalue weighted by atomic mass is 16.3. The second kappa shape index (κ2) is 3.72. The summed E-state index contributed by atoms with van der Waals surface area (Å²) in [7, 11) is 0. The average molecular weight is 215 g/mol. The number of aromatic nitrogens is 3. The van der Waals surface area contributed by atoms with Crippen LogP contribution >= 0.6 is 0 Å². The van der Waals surface area contributed by atoms with E-state index in [1.807, 2.05) is 29.0 Å². The van der Waals surface area contributed by atoms with Crippen LogP contribution in [-0.2, 0) is 6.42 Å². The predicted octanol–water partition coefficient (Wildman–Crippen LogP) is 1.77. The fourth-order valence-corrected chi connectivity index (χ4v) is 2.09. The summed E-state index contributed by atoms with van der Waals surface area (Å²) in [6.45, 7) is 0. The maximum absolute atomic E-state index is 9.82. The van der Waals surface area contributed by atoms with Gasteiger partial charge in [0.1, 0.15) is 17.7 Å². The summed E-state index contributed by atoms with van der Waals surface area (Å²) in [6.07, 6.45) is 5.97. The Labute approximate surface area is 93.6 Å². The normalized spacial score (nSPS) is 19.4. The first-order chi connectivity index (χ1) is 7.84. The van der Waals surface area contributed by atoms with E-state index in [0.717, 1.165) is 36.5 Å². The molecule has 4 heteroatoms. The van der Waals surface area contributed by atoms with Gasteiger partial charge in [-0.1, -0.05) is 6.07 Å². The fourth-order valence-electron chi connectivity index (χ4n) is 2.09. The third-order valence-corrected chi connectivity index (χ3v) is 2.92.